The Balaban J connectivity index is 2.86. The van der Waals surface area contributed by atoms with E-state index in [2.05, 4.69) is 4.74 Å². The lowest BCUT2D eigenvalue weighted by Crippen LogP contribution is -2.16. The average Bonchev–Trinajstić information content (AvgIpc) is 2.45. The van der Waals surface area contributed by atoms with Crippen LogP contribution in [0, 0.1) is 17.2 Å². The Labute approximate surface area is 112 Å². The van der Waals surface area contributed by atoms with Gasteiger partial charge in [0.2, 0.25) is 0 Å². The number of esters is 1. The Morgan fingerprint density at radius 1 is 1.47 bits per heavy atom. The van der Waals surface area contributed by atoms with Crippen LogP contribution in [0.5, 0.6) is 5.75 Å². The molecule has 0 amide bonds. The first-order valence-electron chi connectivity index (χ1n) is 5.87. The molecule has 1 N–H and O–H groups in total. The van der Waals surface area contributed by atoms with Crippen molar-refractivity contribution in [2.24, 2.45) is 5.92 Å². The van der Waals surface area contributed by atoms with Crippen LogP contribution >= 0.6 is 0 Å². The molecule has 2 unspecified atom stereocenters. The molecule has 0 saturated heterocycles. The summed E-state index contributed by atoms with van der Waals surface area (Å²) >= 11 is 0. The van der Waals surface area contributed by atoms with Crippen molar-refractivity contribution in [1.82, 2.24) is 0 Å². The zero-order valence-electron chi connectivity index (χ0n) is 11.2. The van der Waals surface area contributed by atoms with E-state index in [0.717, 1.165) is 0 Å². The smallest absolute Gasteiger partial charge is 0.308 e. The zero-order chi connectivity index (χ0) is 14.4. The second-order valence-electron chi connectivity index (χ2n) is 4.25. The van der Waals surface area contributed by atoms with Gasteiger partial charge in [0.15, 0.2) is 0 Å². The van der Waals surface area contributed by atoms with E-state index in [9.17, 15) is 9.90 Å². The quantitative estimate of drug-likeness (QED) is 0.819. The van der Waals surface area contributed by atoms with Crippen LogP contribution in [-0.2, 0) is 9.53 Å². The highest BCUT2D eigenvalue weighted by atomic mass is 16.5. The molecule has 0 fully saturated rings. The van der Waals surface area contributed by atoms with E-state index < -0.39 is 12.0 Å². The maximum atomic E-state index is 11.3. The summed E-state index contributed by atoms with van der Waals surface area (Å²) in [6, 6.07) is 6.86. The highest BCUT2D eigenvalue weighted by molar-refractivity contribution is 5.71. The first kappa shape index (κ1) is 15.0. The van der Waals surface area contributed by atoms with Crippen LogP contribution in [0.4, 0.5) is 0 Å². The predicted octanol–water partition coefficient (Wildman–Crippen LogP) is 1.80. The van der Waals surface area contributed by atoms with Crippen molar-refractivity contribution in [2.75, 3.05) is 14.2 Å². The molecule has 2 atom stereocenters. The van der Waals surface area contributed by atoms with Crippen LogP contribution in [0.2, 0.25) is 0 Å². The van der Waals surface area contributed by atoms with Crippen molar-refractivity contribution < 1.29 is 19.4 Å². The monoisotopic (exact) mass is 263 g/mol. The first-order chi connectivity index (χ1) is 9.03. The Hall–Kier alpha value is -2.06. The molecular weight excluding hydrogens is 246 g/mol. The summed E-state index contributed by atoms with van der Waals surface area (Å²) in [6.45, 7) is 1.68. The van der Waals surface area contributed by atoms with Crippen LogP contribution in [0.15, 0.2) is 18.2 Å². The first-order valence-corrected chi connectivity index (χ1v) is 5.87. The lowest BCUT2D eigenvalue weighted by molar-refractivity contribution is -0.145. The molecule has 0 aliphatic carbocycles. The van der Waals surface area contributed by atoms with Crippen LogP contribution < -0.4 is 4.74 Å². The largest absolute Gasteiger partial charge is 0.495 e. The molecular formula is C14H17NO4. The van der Waals surface area contributed by atoms with Gasteiger partial charge in [-0.3, -0.25) is 4.79 Å². The van der Waals surface area contributed by atoms with E-state index in [1.807, 2.05) is 6.07 Å². The van der Waals surface area contributed by atoms with E-state index in [4.69, 9.17) is 10.00 Å². The standard InChI is InChI=1S/C14H17NO4/c1-9(14(17)19-3)6-12(16)10-4-5-13(18-2)11(7-10)8-15/h4-5,7,9,12,16H,6H2,1-3H3. The van der Waals surface area contributed by atoms with Gasteiger partial charge in [-0.05, 0) is 24.1 Å². The average molecular weight is 263 g/mol. The van der Waals surface area contributed by atoms with Crippen molar-refractivity contribution in [3.05, 3.63) is 29.3 Å². The molecule has 0 radical (unpaired) electrons. The Bertz CT molecular complexity index is 493. The number of hydrogen-bond acceptors (Lipinski definition) is 5. The molecule has 5 heteroatoms. The highest BCUT2D eigenvalue weighted by Crippen LogP contribution is 2.26. The molecule has 5 nitrogen and oxygen atoms in total. The fourth-order valence-corrected chi connectivity index (χ4v) is 1.79. The van der Waals surface area contributed by atoms with Gasteiger partial charge in [0.05, 0.1) is 31.8 Å². The van der Waals surface area contributed by atoms with Crippen LogP contribution in [-0.4, -0.2) is 25.3 Å². The summed E-state index contributed by atoms with van der Waals surface area (Å²) in [5, 5.41) is 19.0. The summed E-state index contributed by atoms with van der Waals surface area (Å²) < 4.78 is 9.64. The number of nitriles is 1. The molecule has 0 saturated carbocycles. The van der Waals surface area contributed by atoms with Gasteiger partial charge >= 0.3 is 5.97 Å². The van der Waals surface area contributed by atoms with Crippen molar-refractivity contribution in [2.45, 2.75) is 19.4 Å². The molecule has 0 heterocycles. The number of aliphatic hydroxyl groups excluding tert-OH is 1. The fourth-order valence-electron chi connectivity index (χ4n) is 1.79. The van der Waals surface area contributed by atoms with Crippen molar-refractivity contribution in [3.63, 3.8) is 0 Å². The SMILES string of the molecule is COC(=O)C(C)CC(O)c1ccc(OC)c(C#N)c1. The molecule has 0 aliphatic rings. The van der Waals surface area contributed by atoms with Gasteiger partial charge in [0.1, 0.15) is 11.8 Å². The molecule has 0 aliphatic heterocycles. The number of benzene rings is 1. The topological polar surface area (TPSA) is 79.6 Å². The number of rotatable bonds is 5. The molecule has 102 valence electrons. The van der Waals surface area contributed by atoms with Crippen LogP contribution in [0.3, 0.4) is 0 Å². The second kappa shape index (κ2) is 6.76. The molecule has 0 spiro atoms. The summed E-state index contributed by atoms with van der Waals surface area (Å²) in [6.07, 6.45) is -0.587. The van der Waals surface area contributed by atoms with E-state index in [1.165, 1.54) is 14.2 Å². The molecule has 1 aromatic rings. The van der Waals surface area contributed by atoms with Gasteiger partial charge in [-0.1, -0.05) is 13.0 Å². The maximum Gasteiger partial charge on any atom is 0.308 e. The van der Waals surface area contributed by atoms with Gasteiger partial charge in [0.25, 0.3) is 0 Å². The summed E-state index contributed by atoms with van der Waals surface area (Å²) in [5.74, 6) is -0.319. The number of methoxy groups -OCH3 is 2. The van der Waals surface area contributed by atoms with E-state index in [0.29, 0.717) is 16.9 Å². The molecule has 19 heavy (non-hydrogen) atoms. The number of aliphatic hydroxyl groups is 1. The maximum absolute atomic E-state index is 11.3. The van der Waals surface area contributed by atoms with E-state index >= 15 is 0 Å². The van der Waals surface area contributed by atoms with Crippen LogP contribution in [0.25, 0.3) is 0 Å². The minimum Gasteiger partial charge on any atom is -0.495 e. The minimum atomic E-state index is -0.827. The van der Waals surface area contributed by atoms with Gasteiger partial charge in [-0.15, -0.1) is 0 Å². The van der Waals surface area contributed by atoms with E-state index in [1.54, 1.807) is 25.1 Å². The molecule has 1 aromatic carbocycles. The Morgan fingerprint density at radius 3 is 2.68 bits per heavy atom. The third-order valence-corrected chi connectivity index (χ3v) is 2.91. The van der Waals surface area contributed by atoms with Gasteiger partial charge in [-0.25, -0.2) is 0 Å². The van der Waals surface area contributed by atoms with Gasteiger partial charge < -0.3 is 14.6 Å². The van der Waals surface area contributed by atoms with Crippen molar-refractivity contribution in [1.29, 1.82) is 5.26 Å². The molecule has 0 aromatic heterocycles. The zero-order valence-corrected chi connectivity index (χ0v) is 11.2. The minimum absolute atomic E-state index is 0.240. The third-order valence-electron chi connectivity index (χ3n) is 2.91. The predicted molar refractivity (Wildman–Crippen MR) is 68.5 cm³/mol. The molecule has 1 rings (SSSR count). The summed E-state index contributed by atoms with van der Waals surface area (Å²) in [4.78, 5) is 11.3. The second-order valence-corrected chi connectivity index (χ2v) is 4.25. The normalized spacial score (nSPS) is 13.2. The number of hydrogen-bond donors (Lipinski definition) is 1. The van der Waals surface area contributed by atoms with E-state index in [-0.39, 0.29) is 12.4 Å². The Morgan fingerprint density at radius 2 is 2.16 bits per heavy atom. The number of ether oxygens (including phenoxy) is 2. The number of carbonyl (C=O) groups excluding carboxylic acids is 1. The number of nitrogens with zero attached hydrogens (tertiary/aromatic N) is 1. The lowest BCUT2D eigenvalue weighted by Gasteiger charge is -2.16. The summed E-state index contributed by atoms with van der Waals surface area (Å²) in [7, 11) is 2.79. The third kappa shape index (κ3) is 3.70. The van der Waals surface area contributed by atoms with Crippen molar-refractivity contribution >= 4 is 5.97 Å². The van der Waals surface area contributed by atoms with Crippen LogP contribution in [0.1, 0.15) is 30.6 Å². The van der Waals surface area contributed by atoms with Gasteiger partial charge in [0, 0.05) is 0 Å². The number of carbonyl (C=O) groups is 1. The fraction of sp³-hybridized carbons (Fsp3) is 0.429. The summed E-state index contributed by atoms with van der Waals surface area (Å²) in [5.41, 5.74) is 0.929. The highest BCUT2D eigenvalue weighted by Gasteiger charge is 2.19. The van der Waals surface area contributed by atoms with Gasteiger partial charge in [-0.2, -0.15) is 5.26 Å². The Kier molecular flexibility index (Phi) is 5.34. The van der Waals surface area contributed by atoms with Crippen molar-refractivity contribution in [3.8, 4) is 11.8 Å². The lowest BCUT2D eigenvalue weighted by atomic mass is 9.97. The molecule has 0 bridgehead atoms.